The van der Waals surface area contributed by atoms with Crippen LogP contribution in [0.1, 0.15) is 10.4 Å². The zero-order valence-corrected chi connectivity index (χ0v) is 12.9. The standard InChI is InChI=1S/C12H14ClIN2O2/c1-18-11-7-10(14)9(13)6-8(11)12(17)16-4-2-15-3-5-16/h6-7,15H,2-5H2,1H3. The molecule has 1 N–H and O–H groups in total. The fraction of sp³-hybridized carbons (Fsp3) is 0.417. The van der Waals surface area contributed by atoms with Gasteiger partial charge in [-0.2, -0.15) is 0 Å². The van der Waals surface area contributed by atoms with Crippen molar-refractivity contribution in [3.63, 3.8) is 0 Å². The van der Waals surface area contributed by atoms with Crippen molar-refractivity contribution in [2.75, 3.05) is 33.3 Å². The summed E-state index contributed by atoms with van der Waals surface area (Å²) in [4.78, 5) is 14.2. The van der Waals surface area contributed by atoms with Crippen LogP contribution in [-0.4, -0.2) is 44.1 Å². The fourth-order valence-corrected chi connectivity index (χ4v) is 2.51. The van der Waals surface area contributed by atoms with Crippen LogP contribution in [0.25, 0.3) is 0 Å². The Labute approximate surface area is 125 Å². The largest absolute Gasteiger partial charge is 0.496 e. The number of rotatable bonds is 2. The monoisotopic (exact) mass is 380 g/mol. The molecule has 1 aliphatic heterocycles. The van der Waals surface area contributed by atoms with Gasteiger partial charge in [0.15, 0.2) is 0 Å². The summed E-state index contributed by atoms with van der Waals surface area (Å²) in [5, 5.41) is 3.80. The molecule has 0 atom stereocenters. The number of carbonyl (C=O) groups is 1. The lowest BCUT2D eigenvalue weighted by molar-refractivity contribution is 0.0732. The second-order valence-electron chi connectivity index (χ2n) is 4.01. The second-order valence-corrected chi connectivity index (χ2v) is 5.58. The SMILES string of the molecule is COc1cc(I)c(Cl)cc1C(=O)N1CCNCC1. The van der Waals surface area contributed by atoms with Gasteiger partial charge in [0.2, 0.25) is 0 Å². The summed E-state index contributed by atoms with van der Waals surface area (Å²) in [7, 11) is 1.56. The maximum Gasteiger partial charge on any atom is 0.257 e. The molecule has 18 heavy (non-hydrogen) atoms. The number of methoxy groups -OCH3 is 1. The van der Waals surface area contributed by atoms with Gasteiger partial charge in [-0.25, -0.2) is 0 Å². The Hall–Kier alpha value is -0.530. The number of benzene rings is 1. The Morgan fingerprint density at radius 2 is 2.11 bits per heavy atom. The van der Waals surface area contributed by atoms with E-state index in [0.717, 1.165) is 16.7 Å². The molecule has 0 aromatic heterocycles. The summed E-state index contributed by atoms with van der Waals surface area (Å²) in [5.74, 6) is 0.555. The van der Waals surface area contributed by atoms with Gasteiger partial charge in [0.25, 0.3) is 5.91 Å². The van der Waals surface area contributed by atoms with Gasteiger partial charge >= 0.3 is 0 Å². The van der Waals surface area contributed by atoms with Crippen LogP contribution in [0.5, 0.6) is 5.75 Å². The predicted molar refractivity (Wildman–Crippen MR) is 79.5 cm³/mol. The van der Waals surface area contributed by atoms with Gasteiger partial charge in [0, 0.05) is 29.7 Å². The number of ether oxygens (including phenoxy) is 1. The van der Waals surface area contributed by atoms with Crippen molar-refractivity contribution < 1.29 is 9.53 Å². The highest BCUT2D eigenvalue weighted by Gasteiger charge is 2.22. The molecule has 6 heteroatoms. The lowest BCUT2D eigenvalue weighted by Crippen LogP contribution is -2.46. The zero-order valence-electron chi connectivity index (χ0n) is 10.0. The maximum atomic E-state index is 12.4. The van der Waals surface area contributed by atoms with E-state index in [1.165, 1.54) is 0 Å². The molecule has 1 aromatic carbocycles. The van der Waals surface area contributed by atoms with E-state index < -0.39 is 0 Å². The Balaban J connectivity index is 2.31. The number of halogens is 2. The van der Waals surface area contributed by atoms with Gasteiger partial charge < -0.3 is 15.0 Å². The topological polar surface area (TPSA) is 41.6 Å². The molecule has 2 rings (SSSR count). The number of piperazine rings is 1. The van der Waals surface area contributed by atoms with Crippen LogP contribution >= 0.6 is 34.2 Å². The number of nitrogens with one attached hydrogen (secondary N) is 1. The summed E-state index contributed by atoms with van der Waals surface area (Å²) < 4.78 is 6.14. The Morgan fingerprint density at radius 3 is 2.72 bits per heavy atom. The molecular formula is C12H14ClIN2O2. The summed E-state index contributed by atoms with van der Waals surface area (Å²) in [6.07, 6.45) is 0. The first-order valence-electron chi connectivity index (χ1n) is 5.66. The van der Waals surface area contributed by atoms with Crippen molar-refractivity contribution in [1.82, 2.24) is 10.2 Å². The molecule has 0 saturated carbocycles. The van der Waals surface area contributed by atoms with E-state index >= 15 is 0 Å². The molecule has 1 aromatic rings. The van der Waals surface area contributed by atoms with Crippen LogP contribution in [0.4, 0.5) is 0 Å². The van der Waals surface area contributed by atoms with Gasteiger partial charge in [-0.05, 0) is 34.7 Å². The van der Waals surface area contributed by atoms with E-state index in [-0.39, 0.29) is 5.91 Å². The minimum absolute atomic E-state index is 0.0216. The summed E-state index contributed by atoms with van der Waals surface area (Å²) >= 11 is 8.20. The van der Waals surface area contributed by atoms with Crippen molar-refractivity contribution in [2.45, 2.75) is 0 Å². The van der Waals surface area contributed by atoms with Crippen molar-refractivity contribution in [3.8, 4) is 5.75 Å². The summed E-state index contributed by atoms with van der Waals surface area (Å²) in [6, 6.07) is 3.48. The lowest BCUT2D eigenvalue weighted by atomic mass is 10.1. The van der Waals surface area contributed by atoms with Gasteiger partial charge in [-0.1, -0.05) is 11.6 Å². The first kappa shape index (κ1) is 13.9. The molecule has 98 valence electrons. The third kappa shape index (κ3) is 2.89. The molecule has 0 bridgehead atoms. The van der Waals surface area contributed by atoms with Gasteiger partial charge in [0.05, 0.1) is 17.7 Å². The molecule has 4 nitrogen and oxygen atoms in total. The summed E-state index contributed by atoms with van der Waals surface area (Å²) in [5.41, 5.74) is 0.532. The Bertz CT molecular complexity index is 462. The highest BCUT2D eigenvalue weighted by Crippen LogP contribution is 2.29. The van der Waals surface area contributed by atoms with Crippen LogP contribution in [0, 0.1) is 3.57 Å². The van der Waals surface area contributed by atoms with Gasteiger partial charge in [-0.15, -0.1) is 0 Å². The highest BCUT2D eigenvalue weighted by atomic mass is 127. The van der Waals surface area contributed by atoms with Crippen molar-refractivity contribution in [3.05, 3.63) is 26.3 Å². The van der Waals surface area contributed by atoms with Crippen LogP contribution in [0.2, 0.25) is 5.02 Å². The van der Waals surface area contributed by atoms with Gasteiger partial charge in [0.1, 0.15) is 5.75 Å². The fourth-order valence-electron chi connectivity index (χ4n) is 1.90. The first-order chi connectivity index (χ1) is 8.63. The molecule has 1 aliphatic rings. The molecule has 0 spiro atoms. The molecule has 1 heterocycles. The summed E-state index contributed by atoms with van der Waals surface area (Å²) in [6.45, 7) is 3.08. The Morgan fingerprint density at radius 1 is 1.44 bits per heavy atom. The normalized spacial score (nSPS) is 15.6. The predicted octanol–water partition coefficient (Wildman–Crippen LogP) is 2.00. The molecule has 1 amide bonds. The van der Waals surface area contributed by atoms with E-state index in [4.69, 9.17) is 16.3 Å². The maximum absolute atomic E-state index is 12.4. The smallest absolute Gasteiger partial charge is 0.257 e. The number of nitrogens with zero attached hydrogens (tertiary/aromatic N) is 1. The van der Waals surface area contributed by atoms with E-state index in [2.05, 4.69) is 27.9 Å². The van der Waals surface area contributed by atoms with E-state index in [9.17, 15) is 4.79 Å². The Kier molecular flexibility index (Phi) is 4.69. The van der Waals surface area contributed by atoms with Crippen molar-refractivity contribution in [2.24, 2.45) is 0 Å². The number of carbonyl (C=O) groups excluding carboxylic acids is 1. The highest BCUT2D eigenvalue weighted by molar-refractivity contribution is 14.1. The molecule has 1 saturated heterocycles. The molecule has 1 fully saturated rings. The van der Waals surface area contributed by atoms with Crippen LogP contribution in [-0.2, 0) is 0 Å². The molecular weight excluding hydrogens is 367 g/mol. The van der Waals surface area contributed by atoms with E-state index in [1.54, 1.807) is 19.2 Å². The minimum atomic E-state index is -0.0216. The third-order valence-corrected chi connectivity index (χ3v) is 4.40. The van der Waals surface area contributed by atoms with Crippen molar-refractivity contribution in [1.29, 1.82) is 0 Å². The van der Waals surface area contributed by atoms with Gasteiger partial charge in [-0.3, -0.25) is 4.79 Å². The van der Waals surface area contributed by atoms with Crippen LogP contribution in [0.3, 0.4) is 0 Å². The lowest BCUT2D eigenvalue weighted by Gasteiger charge is -2.28. The number of hydrogen-bond donors (Lipinski definition) is 1. The molecule has 0 aliphatic carbocycles. The second kappa shape index (κ2) is 6.08. The average molecular weight is 381 g/mol. The van der Waals surface area contributed by atoms with Crippen LogP contribution in [0.15, 0.2) is 12.1 Å². The van der Waals surface area contributed by atoms with Crippen molar-refractivity contribution >= 4 is 40.1 Å². The zero-order chi connectivity index (χ0) is 13.1. The average Bonchev–Trinajstić information content (AvgIpc) is 2.41. The molecule has 0 unspecified atom stereocenters. The minimum Gasteiger partial charge on any atom is -0.496 e. The number of hydrogen-bond acceptors (Lipinski definition) is 3. The quantitative estimate of drug-likeness (QED) is 0.798. The number of amides is 1. The first-order valence-corrected chi connectivity index (χ1v) is 7.12. The van der Waals surface area contributed by atoms with Crippen LogP contribution < -0.4 is 10.1 Å². The van der Waals surface area contributed by atoms with E-state index in [1.807, 2.05) is 4.90 Å². The molecule has 0 radical (unpaired) electrons. The van der Waals surface area contributed by atoms with E-state index in [0.29, 0.717) is 29.4 Å². The third-order valence-electron chi connectivity index (χ3n) is 2.88.